The number of nitrogens with one attached hydrogen (secondary N) is 3. The minimum atomic E-state index is -0.317. The Morgan fingerprint density at radius 3 is 2.66 bits per heavy atom. The molecule has 7 heteroatoms. The van der Waals surface area contributed by atoms with E-state index < -0.39 is 0 Å². The summed E-state index contributed by atoms with van der Waals surface area (Å²) >= 11 is 1.35. The van der Waals surface area contributed by atoms with Crippen molar-refractivity contribution in [1.82, 2.24) is 15.3 Å². The maximum absolute atomic E-state index is 12.3. The second kappa shape index (κ2) is 7.89. The molecular formula is C22H20N4O2S. The van der Waals surface area contributed by atoms with Crippen molar-refractivity contribution in [3.63, 3.8) is 0 Å². The van der Waals surface area contributed by atoms with Crippen LogP contribution in [0.2, 0.25) is 0 Å². The predicted octanol–water partition coefficient (Wildman–Crippen LogP) is 4.28. The van der Waals surface area contributed by atoms with Crippen molar-refractivity contribution in [1.29, 1.82) is 0 Å². The molecule has 0 fully saturated rings. The van der Waals surface area contributed by atoms with Gasteiger partial charge in [-0.3, -0.25) is 9.59 Å². The molecule has 2 aromatic heterocycles. The number of amides is 2. The molecule has 2 aromatic carbocycles. The van der Waals surface area contributed by atoms with Gasteiger partial charge in [0.15, 0.2) is 5.13 Å². The zero-order chi connectivity index (χ0) is 20.4. The van der Waals surface area contributed by atoms with Crippen LogP contribution >= 0.6 is 11.3 Å². The van der Waals surface area contributed by atoms with Crippen LogP contribution < -0.4 is 10.6 Å². The van der Waals surface area contributed by atoms with Gasteiger partial charge in [0.2, 0.25) is 5.91 Å². The quantitative estimate of drug-likeness (QED) is 0.464. The highest BCUT2D eigenvalue weighted by molar-refractivity contribution is 7.14. The van der Waals surface area contributed by atoms with Gasteiger partial charge in [0.05, 0.1) is 12.2 Å². The van der Waals surface area contributed by atoms with Crippen LogP contribution in [-0.4, -0.2) is 28.3 Å². The summed E-state index contributed by atoms with van der Waals surface area (Å²) in [5.74, 6) is -0.590. The number of thiazole rings is 1. The Morgan fingerprint density at radius 2 is 1.86 bits per heavy atom. The third-order valence-electron chi connectivity index (χ3n) is 4.51. The van der Waals surface area contributed by atoms with E-state index in [1.54, 1.807) is 12.1 Å². The number of anilines is 1. The van der Waals surface area contributed by atoms with E-state index in [1.807, 2.05) is 55.8 Å². The molecule has 0 aliphatic carbocycles. The first kappa shape index (κ1) is 18.9. The minimum Gasteiger partial charge on any atom is -0.360 e. The van der Waals surface area contributed by atoms with Gasteiger partial charge < -0.3 is 15.6 Å². The number of aromatic nitrogens is 2. The van der Waals surface area contributed by atoms with E-state index in [-0.39, 0.29) is 18.4 Å². The average molecular weight is 404 g/mol. The lowest BCUT2D eigenvalue weighted by molar-refractivity contribution is -0.115. The van der Waals surface area contributed by atoms with Gasteiger partial charge in [-0.1, -0.05) is 35.4 Å². The highest BCUT2D eigenvalue weighted by atomic mass is 32.1. The molecule has 29 heavy (non-hydrogen) atoms. The Morgan fingerprint density at radius 1 is 1.10 bits per heavy atom. The molecule has 2 heterocycles. The summed E-state index contributed by atoms with van der Waals surface area (Å²) in [5.41, 5.74) is 5.38. The van der Waals surface area contributed by atoms with Crippen molar-refractivity contribution < 1.29 is 9.59 Å². The number of carbonyl (C=O) groups is 2. The molecule has 0 spiro atoms. The lowest BCUT2D eigenvalue weighted by Crippen LogP contribution is -2.32. The summed E-state index contributed by atoms with van der Waals surface area (Å²) in [6.45, 7) is 3.75. The monoisotopic (exact) mass is 404 g/mol. The Labute approximate surface area is 172 Å². The Hall–Kier alpha value is -3.45. The van der Waals surface area contributed by atoms with E-state index in [2.05, 4.69) is 20.6 Å². The first-order valence-corrected chi connectivity index (χ1v) is 10.1. The number of carbonyl (C=O) groups excluding carboxylic acids is 2. The number of rotatable bonds is 5. The van der Waals surface area contributed by atoms with Crippen molar-refractivity contribution in [2.75, 3.05) is 11.9 Å². The van der Waals surface area contributed by atoms with Crippen molar-refractivity contribution >= 4 is 39.2 Å². The molecule has 0 radical (unpaired) electrons. The fourth-order valence-corrected chi connectivity index (χ4v) is 4.00. The first-order valence-electron chi connectivity index (χ1n) is 9.18. The minimum absolute atomic E-state index is 0.117. The topological polar surface area (TPSA) is 86.9 Å². The number of fused-ring (bicyclic) bond motifs is 1. The Bertz CT molecular complexity index is 1190. The van der Waals surface area contributed by atoms with Gasteiger partial charge in [-0.15, -0.1) is 11.3 Å². The number of aryl methyl sites for hydroxylation is 2. The number of nitrogens with zero attached hydrogens (tertiary/aromatic N) is 1. The summed E-state index contributed by atoms with van der Waals surface area (Å²) in [5, 5.41) is 8.88. The van der Waals surface area contributed by atoms with Gasteiger partial charge in [0, 0.05) is 33.6 Å². The lowest BCUT2D eigenvalue weighted by Gasteiger charge is -2.07. The molecule has 4 aromatic rings. The summed E-state index contributed by atoms with van der Waals surface area (Å²) in [6, 6.07) is 13.6. The third-order valence-corrected chi connectivity index (χ3v) is 5.27. The number of benzene rings is 2. The SMILES string of the molecule is Cc1cc(C)cc(C(=O)NCC(=O)Nc2nc(-c3c[nH]c4ccccc34)cs2)c1. The Kier molecular flexibility index (Phi) is 5.14. The van der Waals surface area contributed by atoms with Crippen molar-refractivity contribution in [3.05, 3.63) is 70.7 Å². The molecule has 4 rings (SSSR count). The van der Waals surface area contributed by atoms with Gasteiger partial charge in [0.1, 0.15) is 0 Å². The van der Waals surface area contributed by atoms with Crippen molar-refractivity contribution in [2.45, 2.75) is 13.8 Å². The lowest BCUT2D eigenvalue weighted by atomic mass is 10.1. The molecule has 0 aliphatic rings. The van der Waals surface area contributed by atoms with Crippen LogP contribution in [0, 0.1) is 13.8 Å². The number of hydrogen-bond acceptors (Lipinski definition) is 4. The predicted molar refractivity (Wildman–Crippen MR) is 116 cm³/mol. The normalized spacial score (nSPS) is 10.8. The van der Waals surface area contributed by atoms with E-state index >= 15 is 0 Å². The van der Waals surface area contributed by atoms with Crippen molar-refractivity contribution in [2.24, 2.45) is 0 Å². The molecule has 146 valence electrons. The molecule has 0 aliphatic heterocycles. The van der Waals surface area contributed by atoms with Gasteiger partial charge in [0.25, 0.3) is 5.91 Å². The van der Waals surface area contributed by atoms with Crippen LogP contribution in [0.4, 0.5) is 5.13 Å². The van der Waals surface area contributed by atoms with Crippen LogP contribution in [0.1, 0.15) is 21.5 Å². The fourth-order valence-electron chi connectivity index (χ4n) is 3.27. The van der Waals surface area contributed by atoms with Gasteiger partial charge in [-0.2, -0.15) is 0 Å². The van der Waals surface area contributed by atoms with E-state index in [0.717, 1.165) is 33.3 Å². The zero-order valence-electron chi connectivity index (χ0n) is 16.1. The largest absolute Gasteiger partial charge is 0.360 e. The van der Waals surface area contributed by atoms with Crippen molar-refractivity contribution in [3.8, 4) is 11.3 Å². The molecule has 0 bridgehead atoms. The van der Waals surface area contributed by atoms with E-state index in [9.17, 15) is 9.59 Å². The molecule has 0 unspecified atom stereocenters. The number of H-pyrrole nitrogens is 1. The number of para-hydroxylation sites is 1. The van der Waals surface area contributed by atoms with Gasteiger partial charge in [-0.05, 0) is 32.0 Å². The highest BCUT2D eigenvalue weighted by Gasteiger charge is 2.13. The summed E-state index contributed by atoms with van der Waals surface area (Å²) in [4.78, 5) is 32.2. The molecule has 0 saturated heterocycles. The fraction of sp³-hybridized carbons (Fsp3) is 0.136. The maximum atomic E-state index is 12.3. The second-order valence-corrected chi connectivity index (χ2v) is 7.75. The van der Waals surface area contributed by atoms with Crippen LogP contribution in [0.5, 0.6) is 0 Å². The second-order valence-electron chi connectivity index (χ2n) is 6.89. The molecule has 0 atom stereocenters. The molecular weight excluding hydrogens is 384 g/mol. The smallest absolute Gasteiger partial charge is 0.251 e. The highest BCUT2D eigenvalue weighted by Crippen LogP contribution is 2.30. The third kappa shape index (κ3) is 4.20. The standard InChI is InChI=1S/C22H20N4O2S/c1-13-7-14(2)9-15(8-13)21(28)24-11-20(27)26-22-25-19(12-29-22)17-10-23-18-6-4-3-5-16(17)18/h3-10,12,23H,11H2,1-2H3,(H,24,28)(H,25,26,27). The van der Waals surface area contributed by atoms with Crippen LogP contribution in [0.15, 0.2) is 54.0 Å². The first-order chi connectivity index (χ1) is 14.0. The zero-order valence-corrected chi connectivity index (χ0v) is 16.9. The van der Waals surface area contributed by atoms with Gasteiger partial charge in [-0.25, -0.2) is 4.98 Å². The molecule has 2 amide bonds. The van der Waals surface area contributed by atoms with Crippen LogP contribution in [0.25, 0.3) is 22.2 Å². The summed E-state index contributed by atoms with van der Waals surface area (Å²) in [6.07, 6.45) is 1.91. The maximum Gasteiger partial charge on any atom is 0.251 e. The van der Waals surface area contributed by atoms with Crippen LogP contribution in [-0.2, 0) is 4.79 Å². The number of hydrogen-bond donors (Lipinski definition) is 3. The van der Waals surface area contributed by atoms with Gasteiger partial charge >= 0.3 is 0 Å². The Balaban J connectivity index is 1.39. The summed E-state index contributed by atoms with van der Waals surface area (Å²) in [7, 11) is 0. The van der Waals surface area contributed by atoms with E-state index in [1.165, 1.54) is 11.3 Å². The summed E-state index contributed by atoms with van der Waals surface area (Å²) < 4.78 is 0. The van der Waals surface area contributed by atoms with Crippen LogP contribution in [0.3, 0.4) is 0 Å². The average Bonchev–Trinajstić information content (AvgIpc) is 3.32. The van der Waals surface area contributed by atoms with E-state index in [4.69, 9.17) is 0 Å². The van der Waals surface area contributed by atoms with E-state index in [0.29, 0.717) is 10.7 Å². The molecule has 0 saturated carbocycles. The molecule has 6 nitrogen and oxygen atoms in total. The molecule has 3 N–H and O–H groups in total. The number of aromatic amines is 1.